The number of aromatic nitrogens is 4. The van der Waals surface area contributed by atoms with Crippen molar-refractivity contribution in [1.82, 2.24) is 28.9 Å². The number of hydrogen-bond donors (Lipinski definition) is 2. The number of nitrogens with zero attached hydrogens (tertiary/aromatic N) is 4. The fraction of sp³-hybridized carbons (Fsp3) is 0.444. The van der Waals surface area contributed by atoms with Crippen LogP contribution in [0.4, 0.5) is 17.5 Å². The number of quaternary nitrogens is 2. The van der Waals surface area contributed by atoms with Crippen LogP contribution in [0.5, 0.6) is 0 Å². The first kappa shape index (κ1) is 28.6. The number of aromatic amines is 2. The summed E-state index contributed by atoms with van der Waals surface area (Å²) in [7, 11) is 9.01. The van der Waals surface area contributed by atoms with Gasteiger partial charge in [0.1, 0.15) is 5.69 Å². The zero-order chi connectivity index (χ0) is 29.6. The SMILES string of the molecule is CCCCc1cnc([N+](C)(C)CCc2c[nH]c3ccc(C4C[C@H]4CC)cc23)nc1[N+](C)(C)c1ccc2[nH]c(C)cc2c1. The fourth-order valence-corrected chi connectivity index (χ4v) is 6.68. The van der Waals surface area contributed by atoms with Crippen molar-refractivity contribution in [2.75, 3.05) is 34.7 Å². The van der Waals surface area contributed by atoms with E-state index < -0.39 is 0 Å². The molecule has 6 rings (SSSR count). The van der Waals surface area contributed by atoms with E-state index in [1.165, 1.54) is 62.7 Å². The number of hydrogen-bond acceptors (Lipinski definition) is 2. The summed E-state index contributed by atoms with van der Waals surface area (Å²) >= 11 is 0. The van der Waals surface area contributed by atoms with Crippen LogP contribution >= 0.6 is 0 Å². The van der Waals surface area contributed by atoms with Crippen LogP contribution in [0.3, 0.4) is 0 Å². The third-order valence-corrected chi connectivity index (χ3v) is 9.69. The minimum absolute atomic E-state index is 0.583. The molecule has 3 heterocycles. The predicted octanol–water partition coefficient (Wildman–Crippen LogP) is 8.31. The molecular formula is C36H48N6+2. The Bertz CT molecular complexity index is 1720. The molecule has 3 aromatic heterocycles. The van der Waals surface area contributed by atoms with Gasteiger partial charge in [-0.25, -0.2) is 4.48 Å². The van der Waals surface area contributed by atoms with Crippen molar-refractivity contribution in [3.05, 3.63) is 77.2 Å². The Morgan fingerprint density at radius 3 is 2.50 bits per heavy atom. The minimum atomic E-state index is 0.583. The van der Waals surface area contributed by atoms with Crippen LogP contribution < -0.4 is 8.97 Å². The molecule has 42 heavy (non-hydrogen) atoms. The highest BCUT2D eigenvalue weighted by Crippen LogP contribution is 2.50. The van der Waals surface area contributed by atoms with E-state index in [-0.39, 0.29) is 0 Å². The van der Waals surface area contributed by atoms with Crippen LogP contribution in [0.2, 0.25) is 0 Å². The highest BCUT2D eigenvalue weighted by atomic mass is 15.4. The number of likely N-dealkylation sites (N-methyl/N-ethyl adjacent to an activating group) is 1. The lowest BCUT2D eigenvalue weighted by atomic mass is 10.0. The van der Waals surface area contributed by atoms with Gasteiger partial charge in [0, 0.05) is 58.4 Å². The smallest absolute Gasteiger partial charge is 0.333 e. The first-order valence-electron chi connectivity index (χ1n) is 15.8. The topological polar surface area (TPSA) is 57.4 Å². The molecule has 1 fully saturated rings. The molecule has 1 unspecified atom stereocenters. The molecule has 1 aliphatic rings. The second-order valence-electron chi connectivity index (χ2n) is 13.6. The van der Waals surface area contributed by atoms with Gasteiger partial charge in [-0.3, -0.25) is 4.48 Å². The van der Waals surface area contributed by atoms with Gasteiger partial charge >= 0.3 is 5.95 Å². The number of aryl methyl sites for hydroxylation is 2. The van der Waals surface area contributed by atoms with Crippen molar-refractivity contribution in [1.29, 1.82) is 0 Å². The second kappa shape index (κ2) is 11.0. The maximum Gasteiger partial charge on any atom is 0.333 e. The molecule has 220 valence electrons. The van der Waals surface area contributed by atoms with Gasteiger partial charge in [0.25, 0.3) is 0 Å². The summed E-state index contributed by atoms with van der Waals surface area (Å²) in [6, 6.07) is 16.0. The van der Waals surface area contributed by atoms with Gasteiger partial charge in [-0.1, -0.05) is 32.8 Å². The first-order chi connectivity index (χ1) is 20.1. The van der Waals surface area contributed by atoms with Gasteiger partial charge in [0.05, 0.1) is 40.3 Å². The summed E-state index contributed by atoms with van der Waals surface area (Å²) in [5, 5.41) is 2.62. The number of unbranched alkanes of at least 4 members (excludes halogenated alkanes) is 1. The summed E-state index contributed by atoms with van der Waals surface area (Å²) in [6.45, 7) is 7.60. The molecule has 0 saturated heterocycles. The van der Waals surface area contributed by atoms with Crippen LogP contribution in [0.25, 0.3) is 21.8 Å². The monoisotopic (exact) mass is 564 g/mol. The Labute approximate surface area is 251 Å². The summed E-state index contributed by atoms with van der Waals surface area (Å²) in [5.41, 5.74) is 8.96. The summed E-state index contributed by atoms with van der Waals surface area (Å²) in [5.74, 6) is 3.58. The van der Waals surface area contributed by atoms with Crippen LogP contribution in [0.15, 0.2) is 54.9 Å². The van der Waals surface area contributed by atoms with E-state index in [1.54, 1.807) is 0 Å². The Balaban J connectivity index is 1.29. The molecule has 2 aromatic carbocycles. The normalized spacial score (nSPS) is 17.4. The molecule has 2 atom stereocenters. The van der Waals surface area contributed by atoms with E-state index in [4.69, 9.17) is 9.97 Å². The Morgan fingerprint density at radius 1 is 0.929 bits per heavy atom. The van der Waals surface area contributed by atoms with Crippen LogP contribution in [-0.2, 0) is 12.8 Å². The van der Waals surface area contributed by atoms with Crippen molar-refractivity contribution in [3.8, 4) is 0 Å². The number of fused-ring (bicyclic) bond motifs is 2. The predicted molar refractivity (Wildman–Crippen MR) is 179 cm³/mol. The van der Waals surface area contributed by atoms with Crippen molar-refractivity contribution < 1.29 is 0 Å². The summed E-state index contributed by atoms with van der Waals surface area (Å²) in [6.07, 6.45) is 11.2. The zero-order valence-corrected chi connectivity index (χ0v) is 26.6. The second-order valence-corrected chi connectivity index (χ2v) is 13.6. The summed E-state index contributed by atoms with van der Waals surface area (Å²) < 4.78 is 1.21. The molecule has 1 aliphatic carbocycles. The van der Waals surface area contributed by atoms with Gasteiger partial charge in [-0.2, -0.15) is 4.98 Å². The molecule has 0 radical (unpaired) electrons. The van der Waals surface area contributed by atoms with Crippen molar-refractivity contribution in [2.45, 2.75) is 65.2 Å². The van der Waals surface area contributed by atoms with Gasteiger partial charge in [-0.05, 0) is 73.4 Å². The molecule has 5 aromatic rings. The van der Waals surface area contributed by atoms with E-state index in [1.807, 2.05) is 0 Å². The molecule has 2 N–H and O–H groups in total. The first-order valence-corrected chi connectivity index (χ1v) is 15.8. The fourth-order valence-electron chi connectivity index (χ4n) is 6.68. The molecule has 0 bridgehead atoms. The highest BCUT2D eigenvalue weighted by Gasteiger charge is 2.37. The van der Waals surface area contributed by atoms with E-state index in [0.29, 0.717) is 8.97 Å². The van der Waals surface area contributed by atoms with Crippen molar-refractivity contribution >= 4 is 39.3 Å². The number of H-pyrrole nitrogens is 2. The lowest BCUT2D eigenvalue weighted by molar-refractivity contribution is 0.378. The zero-order valence-electron chi connectivity index (χ0n) is 26.6. The van der Waals surface area contributed by atoms with E-state index in [2.05, 4.69) is 114 Å². The Kier molecular flexibility index (Phi) is 7.48. The molecule has 6 nitrogen and oxygen atoms in total. The van der Waals surface area contributed by atoms with Gasteiger partial charge < -0.3 is 9.97 Å². The third-order valence-electron chi connectivity index (χ3n) is 9.69. The Morgan fingerprint density at radius 2 is 1.74 bits per heavy atom. The van der Waals surface area contributed by atoms with E-state index >= 15 is 0 Å². The molecular weight excluding hydrogens is 516 g/mol. The molecule has 0 amide bonds. The highest BCUT2D eigenvalue weighted by molar-refractivity contribution is 5.85. The number of nitrogens with one attached hydrogen (secondary N) is 2. The van der Waals surface area contributed by atoms with Crippen LogP contribution in [0, 0.1) is 12.8 Å². The lowest BCUT2D eigenvalue weighted by Crippen LogP contribution is -2.45. The lowest BCUT2D eigenvalue weighted by Gasteiger charge is -2.32. The van der Waals surface area contributed by atoms with Gasteiger partial charge in [0.2, 0.25) is 5.82 Å². The minimum Gasteiger partial charge on any atom is -0.361 e. The largest absolute Gasteiger partial charge is 0.361 e. The van der Waals surface area contributed by atoms with Crippen molar-refractivity contribution in [3.63, 3.8) is 0 Å². The summed E-state index contributed by atoms with van der Waals surface area (Å²) in [4.78, 5) is 17.3. The third kappa shape index (κ3) is 5.38. The average molecular weight is 565 g/mol. The standard InChI is InChI=1S/C36H48N6/c1-8-10-11-28-23-38-36(40-35(28)42(6,7)30-13-15-33-29(19-30)18-24(3)39-33)41(4,5)17-16-27-22-37-34-14-12-26(21-32(27)34)31-20-25(31)9-2/h12-15,18-19,21-23,25,31,37,39H,8-11,16-17,20H2,1-7H3/q+2/t25-,31?/m1/s1. The molecule has 0 spiro atoms. The maximum atomic E-state index is 5.37. The van der Waals surface area contributed by atoms with Crippen molar-refractivity contribution in [2.24, 2.45) is 5.92 Å². The molecule has 6 heteroatoms. The van der Waals surface area contributed by atoms with Gasteiger partial charge in [-0.15, -0.1) is 4.98 Å². The average Bonchev–Trinajstić information content (AvgIpc) is 3.51. The van der Waals surface area contributed by atoms with Crippen LogP contribution in [0.1, 0.15) is 67.8 Å². The van der Waals surface area contributed by atoms with E-state index in [0.717, 1.165) is 55.8 Å². The number of rotatable bonds is 11. The maximum absolute atomic E-state index is 5.37. The van der Waals surface area contributed by atoms with Crippen LogP contribution in [-0.4, -0.2) is 54.7 Å². The Hall–Kier alpha value is -3.48. The van der Waals surface area contributed by atoms with Gasteiger partial charge in [0.15, 0.2) is 0 Å². The molecule has 0 aliphatic heterocycles. The van der Waals surface area contributed by atoms with E-state index in [9.17, 15) is 0 Å². The quantitative estimate of drug-likeness (QED) is 0.159. The number of benzene rings is 2. The molecule has 1 saturated carbocycles.